The first-order chi connectivity index (χ1) is 14.3. The Morgan fingerprint density at radius 1 is 1.17 bits per heavy atom. The van der Waals surface area contributed by atoms with Crippen molar-refractivity contribution in [3.63, 3.8) is 0 Å². The molecule has 0 saturated heterocycles. The molecule has 0 aliphatic carbocycles. The summed E-state index contributed by atoms with van der Waals surface area (Å²) in [6.07, 6.45) is 2.81. The number of carbonyl (C=O) groups is 1. The maximum atomic E-state index is 13.2. The van der Waals surface area contributed by atoms with Gasteiger partial charge in [-0.2, -0.15) is 9.41 Å². The second-order valence-electron chi connectivity index (χ2n) is 6.52. The summed E-state index contributed by atoms with van der Waals surface area (Å²) in [5.41, 5.74) is 4.08. The van der Waals surface area contributed by atoms with Gasteiger partial charge in [-0.25, -0.2) is 13.8 Å². The van der Waals surface area contributed by atoms with Gasteiger partial charge in [0, 0.05) is 11.6 Å². The Bertz CT molecular complexity index is 1130. The van der Waals surface area contributed by atoms with Gasteiger partial charge in [-0.15, -0.1) is 0 Å². The van der Waals surface area contributed by atoms with Crippen LogP contribution in [0.15, 0.2) is 81.3 Å². The van der Waals surface area contributed by atoms with E-state index in [1.54, 1.807) is 12.1 Å². The van der Waals surface area contributed by atoms with E-state index in [2.05, 4.69) is 10.5 Å². The lowest BCUT2D eigenvalue weighted by atomic mass is 10.1. The van der Waals surface area contributed by atoms with E-state index >= 15 is 0 Å². The molecule has 0 atom stereocenters. The van der Waals surface area contributed by atoms with E-state index in [0.717, 1.165) is 15.4 Å². The van der Waals surface area contributed by atoms with Gasteiger partial charge in [-0.3, -0.25) is 4.79 Å². The molecule has 30 heavy (non-hydrogen) atoms. The minimum Gasteiger partial charge on any atom is -0.463 e. The van der Waals surface area contributed by atoms with Crippen molar-refractivity contribution >= 4 is 33.7 Å². The van der Waals surface area contributed by atoms with Gasteiger partial charge in [-0.1, -0.05) is 41.4 Å². The van der Waals surface area contributed by atoms with Crippen molar-refractivity contribution in [2.45, 2.75) is 18.4 Å². The van der Waals surface area contributed by atoms with Crippen molar-refractivity contribution < 1.29 is 17.6 Å². The van der Waals surface area contributed by atoms with E-state index in [4.69, 9.17) is 16.0 Å². The van der Waals surface area contributed by atoms with Gasteiger partial charge < -0.3 is 4.42 Å². The van der Waals surface area contributed by atoms with Crippen LogP contribution in [0.5, 0.6) is 0 Å². The number of aryl methyl sites for hydroxylation is 1. The second kappa shape index (κ2) is 9.71. The summed E-state index contributed by atoms with van der Waals surface area (Å²) in [4.78, 5) is 12.4. The fourth-order valence-electron chi connectivity index (χ4n) is 2.72. The van der Waals surface area contributed by atoms with Crippen molar-refractivity contribution in [2.24, 2.45) is 5.10 Å². The third kappa shape index (κ3) is 5.79. The van der Waals surface area contributed by atoms with Crippen LogP contribution in [-0.4, -0.2) is 31.4 Å². The molecule has 0 fully saturated rings. The number of nitrogens with one attached hydrogen (secondary N) is 1. The number of amides is 1. The fraction of sp³-hybridized carbons (Fsp3) is 0.143. The molecule has 0 radical (unpaired) electrons. The van der Waals surface area contributed by atoms with E-state index in [1.807, 2.05) is 31.2 Å². The van der Waals surface area contributed by atoms with E-state index < -0.39 is 22.5 Å². The van der Waals surface area contributed by atoms with Gasteiger partial charge in [0.05, 0.1) is 23.9 Å². The standard InChI is InChI=1S/C21H20ClN3O4S/c1-16-4-2-5-17(12-16)14-25(30(27,28)20-9-7-18(22)8-10-20)15-21(26)24-23-13-19-6-3-11-29-19/h2-13H,14-15H2,1H3,(H,24,26). The molecular weight excluding hydrogens is 426 g/mol. The zero-order chi connectivity index (χ0) is 21.6. The molecule has 0 saturated carbocycles. The first-order valence-corrected chi connectivity index (χ1v) is 10.8. The molecule has 7 nitrogen and oxygen atoms in total. The number of halogens is 1. The lowest BCUT2D eigenvalue weighted by Gasteiger charge is -2.21. The Kier molecular flexibility index (Phi) is 7.04. The summed E-state index contributed by atoms with van der Waals surface area (Å²) in [7, 11) is -3.95. The first-order valence-electron chi connectivity index (χ1n) is 9.01. The summed E-state index contributed by atoms with van der Waals surface area (Å²) >= 11 is 5.88. The number of sulfonamides is 1. The average Bonchev–Trinajstić information content (AvgIpc) is 3.21. The zero-order valence-electron chi connectivity index (χ0n) is 16.2. The van der Waals surface area contributed by atoms with Crippen molar-refractivity contribution in [1.82, 2.24) is 9.73 Å². The Balaban J connectivity index is 1.81. The van der Waals surface area contributed by atoms with Crippen molar-refractivity contribution in [3.05, 3.63) is 88.8 Å². The number of carbonyl (C=O) groups excluding carboxylic acids is 1. The number of furan rings is 1. The first kappa shape index (κ1) is 21.8. The highest BCUT2D eigenvalue weighted by Crippen LogP contribution is 2.20. The molecule has 0 unspecified atom stereocenters. The third-order valence-electron chi connectivity index (χ3n) is 4.14. The maximum absolute atomic E-state index is 13.2. The highest BCUT2D eigenvalue weighted by atomic mass is 35.5. The fourth-order valence-corrected chi connectivity index (χ4v) is 4.23. The van der Waals surface area contributed by atoms with E-state index in [1.165, 1.54) is 36.7 Å². The van der Waals surface area contributed by atoms with Crippen LogP contribution in [0.4, 0.5) is 0 Å². The third-order valence-corrected chi connectivity index (χ3v) is 6.19. The number of hydrogen-bond acceptors (Lipinski definition) is 5. The molecule has 3 rings (SSSR count). The van der Waals surface area contributed by atoms with Crippen molar-refractivity contribution in [2.75, 3.05) is 6.54 Å². The predicted octanol–water partition coefficient (Wildman–Crippen LogP) is 3.58. The summed E-state index contributed by atoms with van der Waals surface area (Å²) in [6.45, 7) is 1.54. The van der Waals surface area contributed by atoms with Gasteiger partial charge >= 0.3 is 0 Å². The van der Waals surface area contributed by atoms with E-state index in [-0.39, 0.29) is 11.4 Å². The van der Waals surface area contributed by atoms with Gasteiger partial charge in [-0.05, 0) is 48.9 Å². The number of benzene rings is 2. The molecule has 3 aromatic rings. The summed E-state index contributed by atoms with van der Waals surface area (Å²) < 4.78 is 32.5. The number of hydrogen-bond donors (Lipinski definition) is 1. The van der Waals surface area contributed by atoms with Crippen molar-refractivity contribution in [1.29, 1.82) is 0 Å². The molecule has 2 aromatic carbocycles. The quantitative estimate of drug-likeness (QED) is 0.423. The minimum absolute atomic E-state index is 0.0297. The molecule has 156 valence electrons. The van der Waals surface area contributed by atoms with E-state index in [0.29, 0.717) is 10.8 Å². The molecule has 1 heterocycles. The molecule has 0 aliphatic rings. The average molecular weight is 446 g/mol. The predicted molar refractivity (Wildman–Crippen MR) is 115 cm³/mol. The summed E-state index contributed by atoms with van der Waals surface area (Å²) in [5.74, 6) is -0.122. The molecule has 9 heteroatoms. The normalized spacial score (nSPS) is 11.8. The molecule has 1 N–H and O–H groups in total. The topological polar surface area (TPSA) is 92.0 Å². The number of nitrogens with zero attached hydrogens (tertiary/aromatic N) is 2. The lowest BCUT2D eigenvalue weighted by Crippen LogP contribution is -2.39. The highest BCUT2D eigenvalue weighted by molar-refractivity contribution is 7.89. The van der Waals surface area contributed by atoms with Crippen LogP contribution in [0.1, 0.15) is 16.9 Å². The largest absolute Gasteiger partial charge is 0.463 e. The molecule has 0 aliphatic heterocycles. The molecule has 0 spiro atoms. The Morgan fingerprint density at radius 3 is 2.60 bits per heavy atom. The molecule has 1 aromatic heterocycles. The van der Waals surface area contributed by atoms with Gasteiger partial charge in [0.15, 0.2) is 0 Å². The van der Waals surface area contributed by atoms with Crippen LogP contribution in [0.25, 0.3) is 0 Å². The number of hydrazone groups is 1. The van der Waals surface area contributed by atoms with Crippen LogP contribution in [0.3, 0.4) is 0 Å². The molecule has 0 bridgehead atoms. The van der Waals surface area contributed by atoms with Crippen LogP contribution < -0.4 is 5.43 Å². The van der Waals surface area contributed by atoms with Crippen LogP contribution in [0.2, 0.25) is 5.02 Å². The second-order valence-corrected chi connectivity index (χ2v) is 8.90. The van der Waals surface area contributed by atoms with Crippen LogP contribution in [0, 0.1) is 6.92 Å². The summed E-state index contributed by atoms with van der Waals surface area (Å²) in [5, 5.41) is 4.22. The van der Waals surface area contributed by atoms with Gasteiger partial charge in [0.2, 0.25) is 10.0 Å². The van der Waals surface area contributed by atoms with Crippen molar-refractivity contribution in [3.8, 4) is 0 Å². The Hall–Kier alpha value is -2.94. The monoisotopic (exact) mass is 445 g/mol. The Morgan fingerprint density at radius 2 is 1.93 bits per heavy atom. The number of rotatable bonds is 8. The van der Waals surface area contributed by atoms with Gasteiger partial charge in [0.1, 0.15) is 5.76 Å². The van der Waals surface area contributed by atoms with Gasteiger partial charge in [0.25, 0.3) is 5.91 Å². The van der Waals surface area contributed by atoms with E-state index in [9.17, 15) is 13.2 Å². The minimum atomic E-state index is -3.95. The smallest absolute Gasteiger partial charge is 0.255 e. The Labute approximate surface area is 180 Å². The lowest BCUT2D eigenvalue weighted by molar-refractivity contribution is -0.121. The van der Waals surface area contributed by atoms with Crippen LogP contribution >= 0.6 is 11.6 Å². The van der Waals surface area contributed by atoms with Crippen LogP contribution in [-0.2, 0) is 21.4 Å². The summed E-state index contributed by atoms with van der Waals surface area (Å²) in [6, 6.07) is 16.6. The maximum Gasteiger partial charge on any atom is 0.255 e. The highest BCUT2D eigenvalue weighted by Gasteiger charge is 2.27. The molecular formula is C21H20ClN3O4S. The zero-order valence-corrected chi connectivity index (χ0v) is 17.7. The molecule has 1 amide bonds. The SMILES string of the molecule is Cc1cccc(CN(CC(=O)NN=Cc2ccco2)S(=O)(=O)c2ccc(Cl)cc2)c1.